The number of carbonyl (C=O) groups excluding carboxylic acids is 3. The number of anilines is 3. The Labute approximate surface area is 262 Å². The van der Waals surface area contributed by atoms with Crippen LogP contribution in [0, 0.1) is 3.70 Å². The molecule has 0 bridgehead atoms. The normalized spacial score (nSPS) is 18.6. The molecule has 0 radical (unpaired) electrons. The van der Waals surface area contributed by atoms with Gasteiger partial charge in [0.25, 0.3) is 0 Å². The van der Waals surface area contributed by atoms with Crippen LogP contribution in [0.5, 0.6) is 0 Å². The summed E-state index contributed by atoms with van der Waals surface area (Å²) >= 11 is 1.87. The van der Waals surface area contributed by atoms with E-state index in [0.717, 1.165) is 9.87 Å². The van der Waals surface area contributed by atoms with Crippen LogP contribution < -0.4 is 27.0 Å². The van der Waals surface area contributed by atoms with Gasteiger partial charge < -0.3 is 31.9 Å². The van der Waals surface area contributed by atoms with Crippen molar-refractivity contribution in [2.75, 3.05) is 56.6 Å². The summed E-state index contributed by atoms with van der Waals surface area (Å²) in [6, 6.07) is 4.79. The van der Waals surface area contributed by atoms with E-state index < -0.39 is 15.9 Å². The fourth-order valence-electron chi connectivity index (χ4n) is 5.41. The number of aromatic nitrogens is 2. The Morgan fingerprint density at radius 2 is 1.77 bits per heavy atom. The Bertz CT molecular complexity index is 1620. The molecular formula is C26H33IN10O5S. The first-order valence-corrected chi connectivity index (χ1v) is 16.2. The minimum atomic E-state index is -3.57. The van der Waals surface area contributed by atoms with Gasteiger partial charge in [-0.1, -0.05) is 0 Å². The second-order valence-electron chi connectivity index (χ2n) is 10.9. The number of likely N-dealkylation sites (tertiary alicyclic amines) is 1. The molecule has 2 saturated heterocycles. The lowest BCUT2D eigenvalue weighted by atomic mass is 9.88. The zero-order valence-corrected chi connectivity index (χ0v) is 26.7. The summed E-state index contributed by atoms with van der Waals surface area (Å²) < 4.78 is 26.4. The summed E-state index contributed by atoms with van der Waals surface area (Å²) in [4.78, 5) is 54.3. The summed E-state index contributed by atoms with van der Waals surface area (Å²) in [6.45, 7) is 1.97. The van der Waals surface area contributed by atoms with Crippen molar-refractivity contribution in [1.82, 2.24) is 29.8 Å². The van der Waals surface area contributed by atoms with Crippen molar-refractivity contribution >= 4 is 73.6 Å². The first kappa shape index (κ1) is 30.9. The number of sulfonamides is 1. The van der Waals surface area contributed by atoms with Gasteiger partial charge in [-0.3, -0.25) is 14.4 Å². The van der Waals surface area contributed by atoms with Crippen LogP contribution in [-0.4, -0.2) is 97.1 Å². The fraction of sp³-hybridized carbons (Fsp3) is 0.462. The minimum Gasteiger partial charge on any atom is -0.382 e. The predicted molar refractivity (Wildman–Crippen MR) is 168 cm³/mol. The van der Waals surface area contributed by atoms with Crippen LogP contribution in [0.3, 0.4) is 0 Å². The Hall–Kier alpha value is -3.58. The number of nitrogens with two attached hydrogens (primary N) is 2. The van der Waals surface area contributed by atoms with Crippen molar-refractivity contribution in [3.05, 3.63) is 33.2 Å². The number of nitrogens with one attached hydrogen (secondary N) is 2. The molecular weight excluding hydrogens is 691 g/mol. The SMILES string of the molecule is CN(C)S(=O)(=O)c1ccc2c(c1)CCN2C(=O)CCC(=O)N1CCC2(CC1)CN/C(=N\C(=O)c1nc(I)c(N)nc1N)N2. The van der Waals surface area contributed by atoms with Crippen molar-refractivity contribution in [2.24, 2.45) is 4.99 Å². The quantitative estimate of drug-likeness (QED) is 0.290. The van der Waals surface area contributed by atoms with Gasteiger partial charge in [0.2, 0.25) is 21.8 Å². The number of benzene rings is 1. The second-order valence-corrected chi connectivity index (χ2v) is 14.1. The maximum absolute atomic E-state index is 13.0. The van der Waals surface area contributed by atoms with Crippen molar-refractivity contribution in [1.29, 1.82) is 0 Å². The lowest BCUT2D eigenvalue weighted by molar-refractivity contribution is -0.134. The molecule has 3 amide bonds. The zero-order chi connectivity index (χ0) is 31.1. The molecule has 0 aliphatic carbocycles. The standard InChI is InChI=1S/C26H33IN10O5S/c1-35(2)43(41,42)16-3-4-17-15(13-16)7-10-37(17)19(39)6-5-18(38)36-11-8-26(9-12-36)14-30-25(34-26)33-24(40)20-22(28)32-23(29)21(27)31-20/h3-4,13H,5-12,14H2,1-2H3,(H4,28,29,32)(H2,30,33,34,40). The molecule has 2 fully saturated rings. The van der Waals surface area contributed by atoms with E-state index in [9.17, 15) is 22.8 Å². The first-order valence-electron chi connectivity index (χ1n) is 13.7. The summed E-state index contributed by atoms with van der Waals surface area (Å²) in [5.74, 6) is -0.565. The van der Waals surface area contributed by atoms with Gasteiger partial charge in [-0.15, -0.1) is 0 Å². The van der Waals surface area contributed by atoms with Crippen molar-refractivity contribution in [2.45, 2.75) is 42.5 Å². The molecule has 5 rings (SSSR count). The molecule has 2 aromatic rings. The number of rotatable bonds is 6. The molecule has 0 unspecified atom stereocenters. The van der Waals surface area contributed by atoms with E-state index >= 15 is 0 Å². The number of aliphatic imine (C=N–C) groups is 1. The predicted octanol–water partition coefficient (Wildman–Crippen LogP) is -0.0844. The van der Waals surface area contributed by atoms with Crippen LogP contribution in [0.1, 0.15) is 41.7 Å². The smallest absolute Gasteiger partial charge is 0.302 e. The van der Waals surface area contributed by atoms with Crippen molar-refractivity contribution in [3.8, 4) is 0 Å². The third kappa shape index (κ3) is 6.23. The Morgan fingerprint density at radius 3 is 2.47 bits per heavy atom. The number of amides is 3. The number of piperidine rings is 1. The highest BCUT2D eigenvalue weighted by Crippen LogP contribution is 2.32. The molecule has 1 aromatic carbocycles. The van der Waals surface area contributed by atoms with E-state index in [2.05, 4.69) is 25.6 Å². The summed E-state index contributed by atoms with van der Waals surface area (Å²) in [5, 5.41) is 6.41. The average molecular weight is 725 g/mol. The van der Waals surface area contributed by atoms with Crippen LogP contribution in [0.4, 0.5) is 17.3 Å². The molecule has 3 aliphatic heterocycles. The van der Waals surface area contributed by atoms with Crippen LogP contribution >= 0.6 is 22.6 Å². The van der Waals surface area contributed by atoms with Gasteiger partial charge in [0.1, 0.15) is 3.70 Å². The summed E-state index contributed by atoms with van der Waals surface area (Å²) in [5.41, 5.74) is 12.5. The van der Waals surface area contributed by atoms with Gasteiger partial charge in [0.15, 0.2) is 23.3 Å². The molecule has 0 saturated carbocycles. The molecule has 43 heavy (non-hydrogen) atoms. The van der Waals surface area contributed by atoms with E-state index in [1.165, 1.54) is 20.2 Å². The van der Waals surface area contributed by atoms with Crippen molar-refractivity contribution in [3.63, 3.8) is 0 Å². The topological polar surface area (TPSA) is 209 Å². The number of nitrogen functional groups attached to an aromatic ring is 2. The molecule has 3 aliphatic rings. The van der Waals surface area contributed by atoms with Crippen molar-refractivity contribution < 1.29 is 22.8 Å². The lowest BCUT2D eigenvalue weighted by Gasteiger charge is -2.38. The van der Waals surface area contributed by atoms with E-state index in [1.807, 2.05) is 22.6 Å². The van der Waals surface area contributed by atoms with Gasteiger partial charge in [-0.2, -0.15) is 4.99 Å². The molecule has 1 aromatic heterocycles. The molecule has 6 N–H and O–H groups in total. The number of hydrogen-bond acceptors (Lipinski definition) is 9. The number of fused-ring (bicyclic) bond motifs is 1. The van der Waals surface area contributed by atoms with Gasteiger partial charge in [-0.05, 0) is 65.6 Å². The lowest BCUT2D eigenvalue weighted by Crippen LogP contribution is -2.53. The molecule has 17 heteroatoms. The zero-order valence-electron chi connectivity index (χ0n) is 23.8. The molecule has 4 heterocycles. The molecule has 1 spiro atoms. The van der Waals surface area contributed by atoms with Crippen LogP contribution in [-0.2, 0) is 26.0 Å². The number of hydrogen-bond donors (Lipinski definition) is 4. The van der Waals surface area contributed by atoms with E-state index in [-0.39, 0.29) is 52.4 Å². The summed E-state index contributed by atoms with van der Waals surface area (Å²) in [7, 11) is -0.614. The van der Waals surface area contributed by atoms with Gasteiger partial charge in [-0.25, -0.2) is 22.7 Å². The number of nitrogens with zero attached hydrogens (tertiary/aromatic N) is 6. The van der Waals surface area contributed by atoms with Gasteiger partial charge in [0, 0.05) is 58.8 Å². The first-order chi connectivity index (χ1) is 20.3. The highest BCUT2D eigenvalue weighted by atomic mass is 127. The third-order valence-corrected chi connectivity index (χ3v) is 10.6. The maximum atomic E-state index is 13.0. The Balaban J connectivity index is 1.12. The van der Waals surface area contributed by atoms with Crippen LogP contribution in [0.25, 0.3) is 0 Å². The molecule has 15 nitrogen and oxygen atoms in total. The monoisotopic (exact) mass is 724 g/mol. The Morgan fingerprint density at radius 1 is 1.07 bits per heavy atom. The summed E-state index contributed by atoms with van der Waals surface area (Å²) in [6.07, 6.45) is 1.96. The second kappa shape index (κ2) is 11.8. The minimum absolute atomic E-state index is 0.0620. The van der Waals surface area contributed by atoms with Gasteiger partial charge in [0.05, 0.1) is 10.4 Å². The third-order valence-electron chi connectivity index (χ3n) is 7.95. The Kier molecular flexibility index (Phi) is 8.50. The van der Waals surface area contributed by atoms with Gasteiger partial charge >= 0.3 is 5.91 Å². The highest BCUT2D eigenvalue weighted by molar-refractivity contribution is 14.1. The van der Waals surface area contributed by atoms with Crippen LogP contribution in [0.15, 0.2) is 28.1 Å². The molecule has 230 valence electrons. The number of guanidine groups is 1. The van der Waals surface area contributed by atoms with Crippen LogP contribution in [0.2, 0.25) is 0 Å². The molecule has 0 atom stereocenters. The average Bonchev–Trinajstić information content (AvgIpc) is 3.57. The maximum Gasteiger partial charge on any atom is 0.302 e. The largest absolute Gasteiger partial charge is 0.382 e. The highest BCUT2D eigenvalue weighted by Gasteiger charge is 2.41. The fourth-order valence-corrected chi connectivity index (χ4v) is 6.73. The number of carbonyl (C=O) groups is 3. The number of halogens is 1. The van der Waals surface area contributed by atoms with E-state index in [4.69, 9.17) is 11.5 Å². The van der Waals surface area contributed by atoms with E-state index in [0.29, 0.717) is 60.8 Å². The van der Waals surface area contributed by atoms with E-state index in [1.54, 1.807) is 21.9 Å².